The van der Waals surface area contributed by atoms with Crippen LogP contribution in [-0.2, 0) is 4.74 Å². The fourth-order valence-electron chi connectivity index (χ4n) is 1.32. The molecule has 78 valence electrons. The number of hydrogen-bond donors (Lipinski definition) is 0. The lowest BCUT2D eigenvalue weighted by molar-refractivity contribution is -0.894. The van der Waals surface area contributed by atoms with Gasteiger partial charge in [0, 0.05) is 0 Å². The average Bonchev–Trinajstić information content (AvgIpc) is 2.03. The molecule has 0 bridgehead atoms. The molecule has 5 heteroatoms. The topological polar surface area (TPSA) is 29.5 Å². The van der Waals surface area contributed by atoms with E-state index in [4.69, 9.17) is 0 Å². The van der Waals surface area contributed by atoms with Crippen molar-refractivity contribution in [3.63, 3.8) is 0 Å². The number of rotatable bonds is 0. The Kier molecular flexibility index (Phi) is 4.98. The lowest BCUT2D eigenvalue weighted by atomic mass is 10.3. The molecule has 1 saturated heterocycles. The molecule has 0 aromatic rings. The van der Waals surface area contributed by atoms with Crippen molar-refractivity contribution in [2.45, 2.75) is 0 Å². The van der Waals surface area contributed by atoms with E-state index in [-0.39, 0.29) is 30.1 Å². The van der Waals surface area contributed by atoms with Gasteiger partial charge in [-0.1, -0.05) is 0 Å². The SMILES string of the molecule is COC(=O)N1CC[N+](C)(C)CC1.[I-]. The Morgan fingerprint density at radius 3 is 2.15 bits per heavy atom. The predicted molar refractivity (Wildman–Crippen MR) is 45.8 cm³/mol. The van der Waals surface area contributed by atoms with Crippen LogP contribution >= 0.6 is 0 Å². The maximum absolute atomic E-state index is 11.1. The number of methoxy groups -OCH3 is 1. The number of carbonyl (C=O) groups is 1. The molecule has 0 N–H and O–H groups in total. The van der Waals surface area contributed by atoms with Gasteiger partial charge < -0.3 is 33.2 Å². The Morgan fingerprint density at radius 2 is 1.77 bits per heavy atom. The Morgan fingerprint density at radius 1 is 1.31 bits per heavy atom. The van der Waals surface area contributed by atoms with Crippen molar-refractivity contribution in [1.29, 1.82) is 0 Å². The largest absolute Gasteiger partial charge is 1.00 e. The fourth-order valence-corrected chi connectivity index (χ4v) is 1.32. The monoisotopic (exact) mass is 300 g/mol. The van der Waals surface area contributed by atoms with Crippen molar-refractivity contribution in [3.05, 3.63) is 0 Å². The standard InChI is InChI=1S/C8H17N2O2.HI/c1-10(2)6-4-9(5-7-10)8(11)12-3;/h4-7H2,1-3H3;1H/q+1;/p-1. The molecule has 1 aliphatic heterocycles. The number of quaternary nitrogens is 1. The van der Waals surface area contributed by atoms with Crippen LogP contribution in [0.15, 0.2) is 0 Å². The van der Waals surface area contributed by atoms with Crippen LogP contribution in [0.4, 0.5) is 4.79 Å². The molecular weight excluding hydrogens is 283 g/mol. The Hall–Kier alpha value is -0.0400. The molecule has 0 atom stereocenters. The minimum atomic E-state index is -0.199. The number of likely N-dealkylation sites (N-methyl/N-ethyl adjacent to an activating group) is 1. The van der Waals surface area contributed by atoms with Crippen molar-refractivity contribution in [2.24, 2.45) is 0 Å². The van der Waals surface area contributed by atoms with E-state index >= 15 is 0 Å². The van der Waals surface area contributed by atoms with E-state index < -0.39 is 0 Å². The molecule has 1 heterocycles. The van der Waals surface area contributed by atoms with Crippen molar-refractivity contribution < 1.29 is 38.0 Å². The first-order chi connectivity index (χ1) is 5.55. The second-order valence-corrected chi connectivity index (χ2v) is 3.84. The van der Waals surface area contributed by atoms with Gasteiger partial charge in [-0.2, -0.15) is 0 Å². The highest BCUT2D eigenvalue weighted by Gasteiger charge is 2.27. The van der Waals surface area contributed by atoms with Crippen LogP contribution in [0.5, 0.6) is 0 Å². The smallest absolute Gasteiger partial charge is 0.409 e. The van der Waals surface area contributed by atoms with E-state index in [0.717, 1.165) is 30.7 Å². The molecule has 1 rings (SSSR count). The van der Waals surface area contributed by atoms with E-state index in [9.17, 15) is 4.79 Å². The van der Waals surface area contributed by atoms with E-state index in [1.165, 1.54) is 7.11 Å². The van der Waals surface area contributed by atoms with Gasteiger partial charge in [0.25, 0.3) is 0 Å². The first-order valence-electron chi connectivity index (χ1n) is 4.20. The van der Waals surface area contributed by atoms with Crippen molar-refractivity contribution in [1.82, 2.24) is 4.90 Å². The first kappa shape index (κ1) is 13.0. The van der Waals surface area contributed by atoms with Gasteiger partial charge in [0.2, 0.25) is 0 Å². The van der Waals surface area contributed by atoms with Crippen LogP contribution in [0.1, 0.15) is 0 Å². The van der Waals surface area contributed by atoms with E-state index in [2.05, 4.69) is 18.8 Å². The molecule has 13 heavy (non-hydrogen) atoms. The molecule has 1 fully saturated rings. The third kappa shape index (κ3) is 3.68. The van der Waals surface area contributed by atoms with E-state index in [1.54, 1.807) is 4.90 Å². The van der Waals surface area contributed by atoms with Crippen LogP contribution in [0, 0.1) is 0 Å². The summed E-state index contributed by atoms with van der Waals surface area (Å²) in [5, 5.41) is 0. The molecule has 1 aliphatic rings. The molecule has 1 amide bonds. The number of ether oxygens (including phenoxy) is 1. The Balaban J connectivity index is 0.00000144. The number of nitrogens with zero attached hydrogens (tertiary/aromatic N) is 2. The molecule has 0 saturated carbocycles. The van der Waals surface area contributed by atoms with Gasteiger partial charge in [0.1, 0.15) is 0 Å². The van der Waals surface area contributed by atoms with E-state index in [1.807, 2.05) is 0 Å². The van der Waals surface area contributed by atoms with Gasteiger partial charge in [-0.05, 0) is 0 Å². The maximum Gasteiger partial charge on any atom is 0.409 e. The quantitative estimate of drug-likeness (QED) is 0.356. The lowest BCUT2D eigenvalue weighted by Gasteiger charge is -2.38. The summed E-state index contributed by atoms with van der Waals surface area (Å²) in [6, 6.07) is 0. The van der Waals surface area contributed by atoms with Gasteiger partial charge in [-0.15, -0.1) is 0 Å². The normalized spacial score (nSPS) is 20.4. The van der Waals surface area contributed by atoms with Crippen molar-refractivity contribution in [3.8, 4) is 0 Å². The Bertz CT molecular complexity index is 175. The van der Waals surface area contributed by atoms with Gasteiger partial charge >= 0.3 is 6.09 Å². The third-order valence-corrected chi connectivity index (χ3v) is 2.38. The predicted octanol–water partition coefficient (Wildman–Crippen LogP) is -2.85. The summed E-state index contributed by atoms with van der Waals surface area (Å²) in [6.45, 7) is 3.63. The number of amides is 1. The first-order valence-corrected chi connectivity index (χ1v) is 4.20. The molecule has 4 nitrogen and oxygen atoms in total. The highest BCUT2D eigenvalue weighted by molar-refractivity contribution is 5.67. The average molecular weight is 300 g/mol. The van der Waals surface area contributed by atoms with E-state index in [0.29, 0.717) is 0 Å². The highest BCUT2D eigenvalue weighted by atomic mass is 127. The molecule has 0 unspecified atom stereocenters. The molecule has 0 spiro atoms. The zero-order valence-corrected chi connectivity index (χ0v) is 10.6. The summed E-state index contributed by atoms with van der Waals surface area (Å²) in [5.41, 5.74) is 0. The van der Waals surface area contributed by atoms with Crippen molar-refractivity contribution in [2.75, 3.05) is 47.4 Å². The number of carbonyl (C=O) groups excluding carboxylic acids is 1. The lowest BCUT2D eigenvalue weighted by Crippen LogP contribution is -3.00. The second kappa shape index (κ2) is 4.99. The minimum absolute atomic E-state index is 0. The van der Waals surface area contributed by atoms with Gasteiger partial charge in [0.05, 0.1) is 47.4 Å². The summed E-state index contributed by atoms with van der Waals surface area (Å²) < 4.78 is 5.63. The van der Waals surface area contributed by atoms with Gasteiger partial charge in [0.15, 0.2) is 0 Å². The molecule has 0 aliphatic carbocycles. The number of hydrogen-bond acceptors (Lipinski definition) is 2. The number of piperazine rings is 1. The van der Waals surface area contributed by atoms with Crippen LogP contribution < -0.4 is 24.0 Å². The fraction of sp³-hybridized carbons (Fsp3) is 0.875. The maximum atomic E-state index is 11.1. The van der Waals surface area contributed by atoms with Crippen LogP contribution in [-0.4, -0.2) is 62.9 Å². The van der Waals surface area contributed by atoms with Gasteiger partial charge in [-0.3, -0.25) is 4.90 Å². The minimum Gasteiger partial charge on any atom is -1.00 e. The summed E-state index contributed by atoms with van der Waals surface area (Å²) in [5.74, 6) is 0. The van der Waals surface area contributed by atoms with Gasteiger partial charge in [-0.25, -0.2) is 4.79 Å². The highest BCUT2D eigenvalue weighted by Crippen LogP contribution is 2.06. The molecule has 0 radical (unpaired) electrons. The second-order valence-electron chi connectivity index (χ2n) is 3.84. The van der Waals surface area contributed by atoms with Crippen LogP contribution in [0.25, 0.3) is 0 Å². The Labute approximate surface area is 96.4 Å². The number of halogens is 1. The molecular formula is C8H17IN2O2. The summed E-state index contributed by atoms with van der Waals surface area (Å²) in [4.78, 5) is 12.8. The van der Waals surface area contributed by atoms with Crippen LogP contribution in [0.2, 0.25) is 0 Å². The summed E-state index contributed by atoms with van der Waals surface area (Å²) >= 11 is 0. The summed E-state index contributed by atoms with van der Waals surface area (Å²) in [7, 11) is 5.78. The molecule has 0 aromatic heterocycles. The zero-order chi connectivity index (χ0) is 9.19. The third-order valence-electron chi connectivity index (χ3n) is 2.38. The van der Waals surface area contributed by atoms with Crippen LogP contribution in [0.3, 0.4) is 0 Å². The summed E-state index contributed by atoms with van der Waals surface area (Å²) in [6.07, 6.45) is -0.199. The molecule has 0 aromatic carbocycles. The zero-order valence-electron chi connectivity index (χ0n) is 8.42. The van der Waals surface area contributed by atoms with Crippen molar-refractivity contribution >= 4 is 6.09 Å².